The van der Waals surface area contributed by atoms with Crippen LogP contribution in [-0.4, -0.2) is 45.0 Å². The van der Waals surface area contributed by atoms with Crippen LogP contribution in [0.2, 0.25) is 0 Å². The quantitative estimate of drug-likeness (QED) is 0.572. The second kappa shape index (κ2) is 5.94. The predicted molar refractivity (Wildman–Crippen MR) is 56.5 cm³/mol. The summed E-state index contributed by atoms with van der Waals surface area (Å²) < 4.78 is 21.7. The van der Waals surface area contributed by atoms with Gasteiger partial charge >= 0.3 is 0 Å². The Kier molecular flexibility index (Phi) is 5.66. The normalized spacial score (nSPS) is 11.5. The number of hydrogen-bond donors (Lipinski definition) is 0. The minimum absolute atomic E-state index is 0.189. The SMILES string of the molecule is C=CCN(CC=C)CCS(C)(=O)=O. The Morgan fingerprint density at radius 2 is 1.69 bits per heavy atom. The highest BCUT2D eigenvalue weighted by Gasteiger charge is 2.06. The van der Waals surface area contributed by atoms with E-state index in [9.17, 15) is 8.42 Å². The van der Waals surface area contributed by atoms with Crippen molar-refractivity contribution in [1.82, 2.24) is 4.90 Å². The number of rotatable bonds is 7. The lowest BCUT2D eigenvalue weighted by molar-refractivity contribution is 0.355. The van der Waals surface area contributed by atoms with Gasteiger partial charge in [-0.05, 0) is 0 Å². The molecule has 0 unspecified atom stereocenters. The lowest BCUT2D eigenvalue weighted by Gasteiger charge is -2.17. The monoisotopic (exact) mass is 203 g/mol. The van der Waals surface area contributed by atoms with Crippen LogP contribution in [0, 0.1) is 0 Å². The summed E-state index contributed by atoms with van der Waals surface area (Å²) in [5, 5.41) is 0. The van der Waals surface area contributed by atoms with E-state index in [0.29, 0.717) is 19.6 Å². The van der Waals surface area contributed by atoms with Gasteiger partial charge in [0.25, 0.3) is 0 Å². The molecule has 0 rings (SSSR count). The van der Waals surface area contributed by atoms with Crippen molar-refractivity contribution in [2.75, 3.05) is 31.6 Å². The Bertz CT molecular complexity index is 247. The summed E-state index contributed by atoms with van der Waals surface area (Å²) in [6.07, 6.45) is 4.75. The fraction of sp³-hybridized carbons (Fsp3) is 0.556. The summed E-state index contributed by atoms with van der Waals surface area (Å²) in [6, 6.07) is 0. The van der Waals surface area contributed by atoms with Gasteiger partial charge in [-0.15, -0.1) is 13.2 Å². The number of nitrogens with zero attached hydrogens (tertiary/aromatic N) is 1. The maximum atomic E-state index is 10.9. The Hall–Kier alpha value is -0.610. The molecule has 0 spiro atoms. The highest BCUT2D eigenvalue weighted by molar-refractivity contribution is 7.90. The summed E-state index contributed by atoms with van der Waals surface area (Å²) in [6.45, 7) is 9.13. The van der Waals surface area contributed by atoms with Gasteiger partial charge in [0.2, 0.25) is 0 Å². The molecular formula is C9H17NO2S. The molecular weight excluding hydrogens is 186 g/mol. The molecule has 0 fully saturated rings. The van der Waals surface area contributed by atoms with Crippen LogP contribution in [0.1, 0.15) is 0 Å². The molecule has 0 heterocycles. The van der Waals surface area contributed by atoms with E-state index >= 15 is 0 Å². The van der Waals surface area contributed by atoms with Gasteiger partial charge in [0.1, 0.15) is 9.84 Å². The first-order valence-electron chi connectivity index (χ1n) is 4.11. The highest BCUT2D eigenvalue weighted by Crippen LogP contribution is 1.92. The number of sulfone groups is 1. The largest absolute Gasteiger partial charge is 0.295 e. The fourth-order valence-corrected chi connectivity index (χ4v) is 1.51. The molecule has 0 atom stereocenters. The molecule has 76 valence electrons. The molecule has 0 amide bonds. The second-order valence-electron chi connectivity index (χ2n) is 2.97. The van der Waals surface area contributed by atoms with Crippen molar-refractivity contribution in [3.05, 3.63) is 25.3 Å². The second-order valence-corrected chi connectivity index (χ2v) is 5.23. The summed E-state index contributed by atoms with van der Waals surface area (Å²) in [5.74, 6) is 0.189. The first kappa shape index (κ1) is 12.4. The van der Waals surface area contributed by atoms with Crippen LogP contribution < -0.4 is 0 Å². The van der Waals surface area contributed by atoms with Crippen LogP contribution in [0.3, 0.4) is 0 Å². The van der Waals surface area contributed by atoms with Crippen LogP contribution in [0.15, 0.2) is 25.3 Å². The summed E-state index contributed by atoms with van der Waals surface area (Å²) in [7, 11) is -2.87. The molecule has 0 aromatic heterocycles. The molecule has 0 N–H and O–H groups in total. The average Bonchev–Trinajstić information content (AvgIpc) is 2.00. The lowest BCUT2D eigenvalue weighted by Crippen LogP contribution is -2.29. The van der Waals surface area contributed by atoms with Crippen molar-refractivity contribution in [3.8, 4) is 0 Å². The van der Waals surface area contributed by atoms with Crippen molar-refractivity contribution < 1.29 is 8.42 Å². The predicted octanol–water partition coefficient (Wildman–Crippen LogP) is 0.705. The van der Waals surface area contributed by atoms with E-state index in [-0.39, 0.29) is 5.75 Å². The smallest absolute Gasteiger partial charge is 0.148 e. The van der Waals surface area contributed by atoms with E-state index in [4.69, 9.17) is 0 Å². The molecule has 3 nitrogen and oxygen atoms in total. The van der Waals surface area contributed by atoms with E-state index in [1.54, 1.807) is 12.2 Å². The molecule has 13 heavy (non-hydrogen) atoms. The highest BCUT2D eigenvalue weighted by atomic mass is 32.2. The van der Waals surface area contributed by atoms with Crippen molar-refractivity contribution in [2.45, 2.75) is 0 Å². The maximum absolute atomic E-state index is 10.9. The van der Waals surface area contributed by atoms with Crippen molar-refractivity contribution in [3.63, 3.8) is 0 Å². The molecule has 0 radical (unpaired) electrons. The summed E-state index contributed by atoms with van der Waals surface area (Å²) in [5.41, 5.74) is 0. The van der Waals surface area contributed by atoms with Gasteiger partial charge in [0.05, 0.1) is 5.75 Å². The minimum Gasteiger partial charge on any atom is -0.295 e. The Morgan fingerprint density at radius 1 is 1.23 bits per heavy atom. The van der Waals surface area contributed by atoms with E-state index in [1.807, 2.05) is 4.90 Å². The van der Waals surface area contributed by atoms with E-state index in [0.717, 1.165) is 0 Å². The van der Waals surface area contributed by atoms with E-state index < -0.39 is 9.84 Å². The van der Waals surface area contributed by atoms with Gasteiger partial charge in [-0.25, -0.2) is 8.42 Å². The Labute approximate surface area is 80.7 Å². The van der Waals surface area contributed by atoms with Gasteiger partial charge in [-0.2, -0.15) is 0 Å². The maximum Gasteiger partial charge on any atom is 0.148 e. The first-order valence-corrected chi connectivity index (χ1v) is 6.17. The Morgan fingerprint density at radius 3 is 2.00 bits per heavy atom. The lowest BCUT2D eigenvalue weighted by atomic mass is 10.4. The summed E-state index contributed by atoms with van der Waals surface area (Å²) in [4.78, 5) is 1.97. The van der Waals surface area contributed by atoms with Gasteiger partial charge in [-0.1, -0.05) is 12.2 Å². The molecule has 0 saturated heterocycles. The zero-order valence-corrected chi connectivity index (χ0v) is 8.89. The molecule has 0 aromatic rings. The molecule has 0 bridgehead atoms. The van der Waals surface area contributed by atoms with Gasteiger partial charge in [0.15, 0.2) is 0 Å². The topological polar surface area (TPSA) is 37.4 Å². The number of hydrogen-bond acceptors (Lipinski definition) is 3. The minimum atomic E-state index is -2.87. The third kappa shape index (κ3) is 7.74. The van der Waals surface area contributed by atoms with Gasteiger partial charge in [0, 0.05) is 25.9 Å². The standard InChI is InChI=1S/C9H17NO2S/c1-4-6-10(7-5-2)8-9-13(3,11)12/h4-5H,1-2,6-9H2,3H3. The van der Waals surface area contributed by atoms with Crippen LogP contribution in [0.5, 0.6) is 0 Å². The molecule has 0 aliphatic heterocycles. The zero-order chi connectivity index (χ0) is 10.3. The molecule has 4 heteroatoms. The van der Waals surface area contributed by atoms with Crippen molar-refractivity contribution >= 4 is 9.84 Å². The Balaban J connectivity index is 3.95. The van der Waals surface area contributed by atoms with Crippen LogP contribution in [0.25, 0.3) is 0 Å². The van der Waals surface area contributed by atoms with Crippen LogP contribution in [-0.2, 0) is 9.84 Å². The van der Waals surface area contributed by atoms with Crippen molar-refractivity contribution in [2.24, 2.45) is 0 Å². The first-order chi connectivity index (χ1) is 5.99. The van der Waals surface area contributed by atoms with Crippen LogP contribution in [0.4, 0.5) is 0 Å². The molecule has 0 saturated carbocycles. The average molecular weight is 203 g/mol. The summed E-state index contributed by atoms with van der Waals surface area (Å²) >= 11 is 0. The van der Waals surface area contributed by atoms with Crippen molar-refractivity contribution in [1.29, 1.82) is 0 Å². The molecule has 0 aromatic carbocycles. The molecule has 0 aliphatic rings. The fourth-order valence-electron chi connectivity index (χ4n) is 0.917. The van der Waals surface area contributed by atoms with Gasteiger partial charge in [-0.3, -0.25) is 4.90 Å². The van der Waals surface area contributed by atoms with E-state index in [1.165, 1.54) is 6.26 Å². The third-order valence-electron chi connectivity index (χ3n) is 1.55. The third-order valence-corrected chi connectivity index (χ3v) is 2.48. The zero-order valence-electron chi connectivity index (χ0n) is 8.07. The van der Waals surface area contributed by atoms with Gasteiger partial charge < -0.3 is 0 Å². The van der Waals surface area contributed by atoms with Crippen LogP contribution >= 0.6 is 0 Å². The molecule has 0 aliphatic carbocycles. The van der Waals surface area contributed by atoms with E-state index in [2.05, 4.69) is 13.2 Å².